The summed E-state index contributed by atoms with van der Waals surface area (Å²) in [5, 5.41) is 4.39. The van der Waals surface area contributed by atoms with Crippen LogP contribution < -0.4 is 4.74 Å². The normalized spacial score (nSPS) is 12.0. The molecule has 3 rings (SSSR count). The maximum absolute atomic E-state index is 12.8. The molecule has 0 atom stereocenters. The van der Waals surface area contributed by atoms with Crippen LogP contribution in [0.15, 0.2) is 53.1 Å². The van der Waals surface area contributed by atoms with E-state index in [1.807, 2.05) is 0 Å². The van der Waals surface area contributed by atoms with Crippen LogP contribution in [-0.2, 0) is 5.54 Å². The highest BCUT2D eigenvalue weighted by molar-refractivity contribution is 6.30. The minimum atomic E-state index is -4.77. The highest BCUT2D eigenvalue weighted by Gasteiger charge is 2.36. The molecule has 30 heavy (non-hydrogen) atoms. The minimum absolute atomic E-state index is 0.165. The Hall–Kier alpha value is -3.07. The molecular weight excluding hydrogens is 423 g/mol. The minimum Gasteiger partial charge on any atom is -0.406 e. The van der Waals surface area contributed by atoms with E-state index in [0.29, 0.717) is 16.1 Å². The van der Waals surface area contributed by atoms with E-state index in [2.05, 4.69) is 14.9 Å². The third-order valence-corrected chi connectivity index (χ3v) is 4.78. The first-order chi connectivity index (χ1) is 14.0. The van der Waals surface area contributed by atoms with Gasteiger partial charge >= 0.3 is 6.36 Å². The molecule has 1 aromatic heterocycles. The summed E-state index contributed by atoms with van der Waals surface area (Å²) >= 11 is 5.86. The Balaban J connectivity index is 1.80. The molecule has 1 amide bonds. The average molecular weight is 440 g/mol. The van der Waals surface area contributed by atoms with Gasteiger partial charge in [-0.25, -0.2) is 0 Å². The molecule has 0 saturated heterocycles. The summed E-state index contributed by atoms with van der Waals surface area (Å²) in [6.07, 6.45) is -4.77. The molecule has 158 valence electrons. The topological polar surface area (TPSA) is 68.5 Å². The van der Waals surface area contributed by atoms with Gasteiger partial charge < -0.3 is 14.2 Å². The Bertz CT molecular complexity index is 1030. The molecule has 0 aliphatic rings. The Kier molecular flexibility index (Phi) is 5.76. The largest absolute Gasteiger partial charge is 0.573 e. The maximum Gasteiger partial charge on any atom is 0.573 e. The number of alkyl halides is 3. The number of rotatable bonds is 5. The monoisotopic (exact) mass is 439 g/mol. The van der Waals surface area contributed by atoms with Gasteiger partial charge in [0, 0.05) is 23.2 Å². The first kappa shape index (κ1) is 21.6. The number of carbonyl (C=O) groups is 1. The zero-order valence-corrected chi connectivity index (χ0v) is 17.0. The van der Waals surface area contributed by atoms with Gasteiger partial charge in [0.2, 0.25) is 5.82 Å². The van der Waals surface area contributed by atoms with Gasteiger partial charge in [-0.15, -0.1) is 13.2 Å². The predicted molar refractivity (Wildman–Crippen MR) is 103 cm³/mol. The van der Waals surface area contributed by atoms with Crippen molar-refractivity contribution in [3.63, 3.8) is 0 Å². The molecule has 0 saturated carbocycles. The molecule has 0 radical (unpaired) electrons. The zero-order valence-electron chi connectivity index (χ0n) is 16.2. The van der Waals surface area contributed by atoms with Gasteiger partial charge in [0.25, 0.3) is 11.8 Å². The molecule has 0 bridgehead atoms. The Labute approximate surface area is 175 Å². The van der Waals surface area contributed by atoms with E-state index in [9.17, 15) is 18.0 Å². The van der Waals surface area contributed by atoms with E-state index in [-0.39, 0.29) is 23.4 Å². The van der Waals surface area contributed by atoms with E-state index in [0.717, 1.165) is 12.1 Å². The fraction of sp³-hybridized carbons (Fsp3) is 0.250. The lowest BCUT2D eigenvalue weighted by Crippen LogP contribution is -2.43. The number of ether oxygens (including phenoxy) is 1. The quantitative estimate of drug-likeness (QED) is 0.540. The number of aromatic nitrogens is 2. The Morgan fingerprint density at radius 3 is 2.23 bits per heavy atom. The summed E-state index contributed by atoms with van der Waals surface area (Å²) in [7, 11) is 1.60. The van der Waals surface area contributed by atoms with Crippen molar-refractivity contribution in [2.45, 2.75) is 25.7 Å². The molecule has 0 aliphatic heterocycles. The number of nitrogens with zero attached hydrogens (tertiary/aromatic N) is 3. The van der Waals surface area contributed by atoms with E-state index < -0.39 is 11.9 Å². The second kappa shape index (κ2) is 7.98. The molecule has 0 N–H and O–H groups in total. The molecule has 1 heterocycles. The lowest BCUT2D eigenvalue weighted by Gasteiger charge is -2.32. The first-order valence-electron chi connectivity index (χ1n) is 8.71. The SMILES string of the molecule is CN(C(=O)c1ccc(Cl)cc1)C(C)(C)c1nc(-c2ccc(OC(F)(F)F)cc2)no1. The lowest BCUT2D eigenvalue weighted by molar-refractivity contribution is -0.274. The number of hydrogen-bond acceptors (Lipinski definition) is 5. The third kappa shape index (κ3) is 4.73. The third-order valence-electron chi connectivity index (χ3n) is 4.53. The number of benzene rings is 2. The van der Waals surface area contributed by atoms with Gasteiger partial charge in [0.1, 0.15) is 11.3 Å². The van der Waals surface area contributed by atoms with Gasteiger partial charge in [0.05, 0.1) is 0 Å². The van der Waals surface area contributed by atoms with E-state index in [4.69, 9.17) is 16.1 Å². The van der Waals surface area contributed by atoms with Crippen molar-refractivity contribution in [2.75, 3.05) is 7.05 Å². The second-order valence-corrected chi connectivity index (χ2v) is 7.36. The number of halogens is 4. The van der Waals surface area contributed by atoms with Crippen LogP contribution in [0.1, 0.15) is 30.1 Å². The van der Waals surface area contributed by atoms with Gasteiger partial charge in [-0.05, 0) is 62.4 Å². The van der Waals surface area contributed by atoms with Crippen LogP contribution in [0.4, 0.5) is 13.2 Å². The molecule has 3 aromatic rings. The van der Waals surface area contributed by atoms with Crippen molar-refractivity contribution in [1.82, 2.24) is 15.0 Å². The number of hydrogen-bond donors (Lipinski definition) is 0. The predicted octanol–water partition coefficient (Wildman–Crippen LogP) is 5.30. The van der Waals surface area contributed by atoms with E-state index in [1.165, 1.54) is 17.0 Å². The summed E-state index contributed by atoms with van der Waals surface area (Å²) in [6, 6.07) is 11.5. The molecule has 6 nitrogen and oxygen atoms in total. The second-order valence-electron chi connectivity index (χ2n) is 6.93. The van der Waals surface area contributed by atoms with Crippen LogP contribution in [0.3, 0.4) is 0 Å². The van der Waals surface area contributed by atoms with Crippen LogP contribution in [0.2, 0.25) is 5.02 Å². The fourth-order valence-corrected chi connectivity index (χ4v) is 2.70. The Morgan fingerprint density at radius 2 is 1.67 bits per heavy atom. The lowest BCUT2D eigenvalue weighted by atomic mass is 10.0. The van der Waals surface area contributed by atoms with Crippen molar-refractivity contribution >= 4 is 17.5 Å². The Morgan fingerprint density at radius 1 is 1.07 bits per heavy atom. The summed E-state index contributed by atoms with van der Waals surface area (Å²) in [6.45, 7) is 3.47. The standard InChI is InChI=1S/C20H17ClF3N3O3/c1-19(2,27(3)17(28)13-4-8-14(21)9-5-13)18-25-16(26-30-18)12-6-10-15(11-7-12)29-20(22,23)24/h4-11H,1-3H3. The van der Waals surface area contributed by atoms with Crippen LogP contribution in [0, 0.1) is 0 Å². The van der Waals surface area contributed by atoms with Crippen LogP contribution in [0.25, 0.3) is 11.4 Å². The molecule has 0 spiro atoms. The van der Waals surface area contributed by atoms with Crippen LogP contribution in [0.5, 0.6) is 5.75 Å². The van der Waals surface area contributed by atoms with Crippen molar-refractivity contribution in [3.05, 3.63) is 65.0 Å². The molecule has 0 aliphatic carbocycles. The molecule has 0 unspecified atom stereocenters. The average Bonchev–Trinajstić information content (AvgIpc) is 3.18. The highest BCUT2D eigenvalue weighted by Crippen LogP contribution is 2.30. The van der Waals surface area contributed by atoms with E-state index in [1.54, 1.807) is 45.2 Å². The van der Waals surface area contributed by atoms with Crippen molar-refractivity contribution in [3.8, 4) is 17.1 Å². The van der Waals surface area contributed by atoms with Crippen molar-refractivity contribution in [2.24, 2.45) is 0 Å². The fourth-order valence-electron chi connectivity index (χ4n) is 2.58. The van der Waals surface area contributed by atoms with Crippen LogP contribution in [-0.4, -0.2) is 34.4 Å². The zero-order chi connectivity index (χ0) is 22.1. The maximum atomic E-state index is 12.8. The summed E-state index contributed by atoms with van der Waals surface area (Å²) in [4.78, 5) is 18.6. The molecule has 2 aromatic carbocycles. The summed E-state index contributed by atoms with van der Waals surface area (Å²) in [5.41, 5.74) is -0.0848. The smallest absolute Gasteiger partial charge is 0.406 e. The first-order valence-corrected chi connectivity index (χ1v) is 9.09. The van der Waals surface area contributed by atoms with Gasteiger partial charge in [-0.2, -0.15) is 4.98 Å². The van der Waals surface area contributed by atoms with Gasteiger partial charge in [0.15, 0.2) is 0 Å². The highest BCUT2D eigenvalue weighted by atomic mass is 35.5. The van der Waals surface area contributed by atoms with Crippen molar-refractivity contribution < 1.29 is 27.2 Å². The summed E-state index contributed by atoms with van der Waals surface area (Å²) in [5.74, 6) is -0.296. The molecular formula is C20H17ClF3N3O3. The van der Waals surface area contributed by atoms with Gasteiger partial charge in [-0.3, -0.25) is 4.79 Å². The molecule has 10 heteroatoms. The number of carbonyl (C=O) groups excluding carboxylic acids is 1. The molecule has 0 fully saturated rings. The number of amides is 1. The van der Waals surface area contributed by atoms with Crippen LogP contribution >= 0.6 is 11.6 Å². The van der Waals surface area contributed by atoms with Gasteiger partial charge in [-0.1, -0.05) is 16.8 Å². The summed E-state index contributed by atoms with van der Waals surface area (Å²) < 4.78 is 46.0. The van der Waals surface area contributed by atoms with Crippen molar-refractivity contribution in [1.29, 1.82) is 0 Å². The van der Waals surface area contributed by atoms with E-state index >= 15 is 0 Å².